The maximum absolute atomic E-state index is 12.3. The van der Waals surface area contributed by atoms with Crippen molar-refractivity contribution < 1.29 is 19.5 Å². The van der Waals surface area contributed by atoms with Crippen molar-refractivity contribution in [2.75, 3.05) is 27.2 Å². The first-order chi connectivity index (χ1) is 9.85. The molecule has 1 aliphatic carbocycles. The number of nitrogens with one attached hydrogen (secondary N) is 1. The van der Waals surface area contributed by atoms with E-state index in [4.69, 9.17) is 5.11 Å². The predicted molar refractivity (Wildman–Crippen MR) is 77.9 cm³/mol. The fourth-order valence-electron chi connectivity index (χ4n) is 2.10. The van der Waals surface area contributed by atoms with Crippen LogP contribution in [0.4, 0.5) is 4.79 Å². The molecule has 7 heteroatoms. The molecule has 0 aromatic rings. The summed E-state index contributed by atoms with van der Waals surface area (Å²) in [7, 11) is 3.28. The van der Waals surface area contributed by atoms with E-state index >= 15 is 0 Å². The lowest BCUT2D eigenvalue weighted by atomic mass is 10.1. The Morgan fingerprint density at radius 3 is 2.33 bits per heavy atom. The van der Waals surface area contributed by atoms with Gasteiger partial charge in [0.15, 0.2) is 0 Å². The van der Waals surface area contributed by atoms with Crippen LogP contribution >= 0.6 is 0 Å². The van der Waals surface area contributed by atoms with E-state index in [1.807, 2.05) is 6.92 Å². The third-order valence-electron chi connectivity index (χ3n) is 3.50. The Labute approximate surface area is 125 Å². The molecule has 120 valence electrons. The van der Waals surface area contributed by atoms with Crippen LogP contribution in [0.2, 0.25) is 0 Å². The van der Waals surface area contributed by atoms with Crippen LogP contribution in [0.5, 0.6) is 0 Å². The molecule has 3 amide bonds. The average molecular weight is 299 g/mol. The van der Waals surface area contributed by atoms with Crippen molar-refractivity contribution in [2.24, 2.45) is 5.92 Å². The SMILES string of the molecule is CCCN(CC(=O)N(C)C)C(=O)NC(CC(=O)O)C1CC1. The van der Waals surface area contributed by atoms with E-state index in [2.05, 4.69) is 5.32 Å². The van der Waals surface area contributed by atoms with Crippen molar-refractivity contribution in [3.63, 3.8) is 0 Å². The minimum atomic E-state index is -0.918. The molecule has 1 fully saturated rings. The van der Waals surface area contributed by atoms with E-state index in [0.717, 1.165) is 19.3 Å². The van der Waals surface area contributed by atoms with Crippen LogP contribution in [0, 0.1) is 5.92 Å². The molecule has 0 aliphatic heterocycles. The Bertz CT molecular complexity index is 394. The van der Waals surface area contributed by atoms with E-state index in [9.17, 15) is 14.4 Å². The van der Waals surface area contributed by atoms with Crippen molar-refractivity contribution in [1.82, 2.24) is 15.1 Å². The van der Waals surface area contributed by atoms with Crippen LogP contribution in [0.15, 0.2) is 0 Å². The summed E-state index contributed by atoms with van der Waals surface area (Å²) in [6.45, 7) is 2.41. The highest BCUT2D eigenvalue weighted by Gasteiger charge is 2.34. The van der Waals surface area contributed by atoms with E-state index in [1.54, 1.807) is 14.1 Å². The number of urea groups is 1. The molecule has 1 atom stereocenters. The number of hydrogen-bond acceptors (Lipinski definition) is 3. The van der Waals surface area contributed by atoms with Crippen LogP contribution in [0.25, 0.3) is 0 Å². The molecule has 0 radical (unpaired) electrons. The Morgan fingerprint density at radius 1 is 1.29 bits per heavy atom. The largest absolute Gasteiger partial charge is 0.481 e. The Kier molecular flexibility index (Phi) is 6.45. The Morgan fingerprint density at radius 2 is 1.90 bits per heavy atom. The lowest BCUT2D eigenvalue weighted by Crippen LogP contribution is -2.49. The molecule has 21 heavy (non-hydrogen) atoms. The quantitative estimate of drug-likeness (QED) is 0.692. The highest BCUT2D eigenvalue weighted by Crippen LogP contribution is 2.34. The van der Waals surface area contributed by atoms with Crippen LogP contribution in [0.3, 0.4) is 0 Å². The van der Waals surface area contributed by atoms with Crippen molar-refractivity contribution >= 4 is 17.9 Å². The molecule has 1 rings (SSSR count). The summed E-state index contributed by atoms with van der Waals surface area (Å²) in [6, 6.07) is -0.700. The second-order valence-corrected chi connectivity index (χ2v) is 5.70. The van der Waals surface area contributed by atoms with Gasteiger partial charge >= 0.3 is 12.0 Å². The molecule has 0 aromatic heterocycles. The number of carboxylic acids is 1. The van der Waals surface area contributed by atoms with Crippen LogP contribution in [-0.2, 0) is 9.59 Å². The summed E-state index contributed by atoms with van der Waals surface area (Å²) >= 11 is 0. The summed E-state index contributed by atoms with van der Waals surface area (Å²) in [4.78, 5) is 37.8. The third-order valence-corrected chi connectivity index (χ3v) is 3.50. The number of carbonyl (C=O) groups is 3. The Balaban J connectivity index is 2.61. The standard InChI is InChI=1S/C14H25N3O4/c1-4-7-17(9-12(18)16(2)3)14(21)15-11(8-13(19)20)10-5-6-10/h10-11H,4-9H2,1-3H3,(H,15,21)(H,19,20). The van der Waals surface area contributed by atoms with Gasteiger partial charge in [-0.05, 0) is 25.2 Å². The van der Waals surface area contributed by atoms with Gasteiger partial charge in [0.25, 0.3) is 0 Å². The first-order valence-electron chi connectivity index (χ1n) is 7.32. The first-order valence-corrected chi connectivity index (χ1v) is 7.32. The van der Waals surface area contributed by atoms with Crippen LogP contribution < -0.4 is 5.32 Å². The van der Waals surface area contributed by atoms with E-state index in [0.29, 0.717) is 6.54 Å². The fraction of sp³-hybridized carbons (Fsp3) is 0.786. The summed E-state index contributed by atoms with van der Waals surface area (Å²) in [5.41, 5.74) is 0. The number of rotatable bonds is 8. The number of carboxylic acid groups (broad SMARTS) is 1. The molecule has 7 nitrogen and oxygen atoms in total. The molecule has 0 aromatic carbocycles. The minimum absolute atomic E-state index is 0.0110. The predicted octanol–water partition coefficient (Wildman–Crippen LogP) is 0.750. The van der Waals surface area contributed by atoms with Crippen molar-refractivity contribution in [1.29, 1.82) is 0 Å². The van der Waals surface area contributed by atoms with Gasteiger partial charge in [-0.15, -0.1) is 0 Å². The zero-order valence-electron chi connectivity index (χ0n) is 13.0. The summed E-state index contributed by atoms with van der Waals surface area (Å²) < 4.78 is 0. The Hall–Kier alpha value is -1.79. The van der Waals surface area contributed by atoms with Crippen molar-refractivity contribution in [3.05, 3.63) is 0 Å². The molecular formula is C14H25N3O4. The lowest BCUT2D eigenvalue weighted by molar-refractivity contribution is -0.137. The van der Waals surface area contributed by atoms with E-state index < -0.39 is 5.97 Å². The van der Waals surface area contributed by atoms with Gasteiger partial charge in [0.05, 0.1) is 6.42 Å². The lowest BCUT2D eigenvalue weighted by Gasteiger charge is -2.26. The monoisotopic (exact) mass is 299 g/mol. The fourth-order valence-corrected chi connectivity index (χ4v) is 2.10. The maximum atomic E-state index is 12.3. The van der Waals surface area contributed by atoms with Gasteiger partial charge in [0.2, 0.25) is 5.91 Å². The van der Waals surface area contributed by atoms with E-state index in [1.165, 1.54) is 9.80 Å². The van der Waals surface area contributed by atoms with Gasteiger partial charge in [-0.2, -0.15) is 0 Å². The minimum Gasteiger partial charge on any atom is -0.481 e. The normalized spacial score (nSPS) is 15.2. The molecule has 1 aliphatic rings. The number of likely N-dealkylation sites (N-methyl/N-ethyl adjacent to an activating group) is 1. The summed E-state index contributed by atoms with van der Waals surface area (Å²) in [5.74, 6) is -0.823. The van der Waals surface area contributed by atoms with Gasteiger partial charge < -0.3 is 20.2 Å². The van der Waals surface area contributed by atoms with Crippen molar-refractivity contribution in [2.45, 2.75) is 38.6 Å². The van der Waals surface area contributed by atoms with Gasteiger partial charge in [0.1, 0.15) is 6.54 Å². The highest BCUT2D eigenvalue weighted by molar-refractivity contribution is 5.84. The molecule has 2 N–H and O–H groups in total. The van der Waals surface area contributed by atoms with Gasteiger partial charge in [-0.25, -0.2) is 4.79 Å². The number of amides is 3. The molecule has 0 spiro atoms. The summed E-state index contributed by atoms with van der Waals surface area (Å²) in [6.07, 6.45) is 2.56. The number of carbonyl (C=O) groups excluding carboxylic acids is 2. The highest BCUT2D eigenvalue weighted by atomic mass is 16.4. The second-order valence-electron chi connectivity index (χ2n) is 5.70. The number of nitrogens with zero attached hydrogens (tertiary/aromatic N) is 2. The molecule has 1 saturated carbocycles. The number of aliphatic carboxylic acids is 1. The molecule has 1 unspecified atom stereocenters. The smallest absolute Gasteiger partial charge is 0.318 e. The number of hydrogen-bond donors (Lipinski definition) is 2. The van der Waals surface area contributed by atoms with Gasteiger partial charge in [-0.1, -0.05) is 6.92 Å². The van der Waals surface area contributed by atoms with Gasteiger partial charge in [-0.3, -0.25) is 9.59 Å². The topological polar surface area (TPSA) is 90.0 Å². The zero-order valence-corrected chi connectivity index (χ0v) is 13.0. The van der Waals surface area contributed by atoms with Gasteiger partial charge in [0, 0.05) is 26.7 Å². The van der Waals surface area contributed by atoms with Crippen LogP contribution in [-0.4, -0.2) is 66.0 Å². The van der Waals surface area contributed by atoms with Crippen molar-refractivity contribution in [3.8, 4) is 0 Å². The zero-order chi connectivity index (χ0) is 16.0. The van der Waals surface area contributed by atoms with E-state index in [-0.39, 0.29) is 36.9 Å². The maximum Gasteiger partial charge on any atom is 0.318 e. The third kappa shape index (κ3) is 6.01. The van der Waals surface area contributed by atoms with Crippen LogP contribution in [0.1, 0.15) is 32.6 Å². The molecule has 0 heterocycles. The summed E-state index contributed by atoms with van der Waals surface area (Å²) in [5, 5.41) is 11.7. The average Bonchev–Trinajstić information content (AvgIpc) is 3.20. The first kappa shape index (κ1) is 17.3. The molecular weight excluding hydrogens is 274 g/mol. The molecule has 0 bridgehead atoms. The second kappa shape index (κ2) is 7.85. The molecule has 0 saturated heterocycles.